The molecule has 2 aromatic rings. The number of benzene rings is 2. The molecule has 0 aromatic heterocycles. The number of ether oxygens (including phenoxy) is 2. The van der Waals surface area contributed by atoms with E-state index in [1.165, 1.54) is 36.4 Å². The van der Waals surface area contributed by atoms with Crippen molar-refractivity contribution in [2.45, 2.75) is 13.0 Å². The lowest BCUT2D eigenvalue weighted by Crippen LogP contribution is -2.30. The van der Waals surface area contributed by atoms with Crippen LogP contribution in [0.25, 0.3) is 0 Å². The highest BCUT2D eigenvalue weighted by atomic mass is 19.3. The van der Waals surface area contributed by atoms with Gasteiger partial charge < -0.3 is 14.8 Å². The topological polar surface area (TPSA) is 64.6 Å². The molecule has 0 saturated heterocycles. The number of para-hydroxylation sites is 1. The molecule has 5 nitrogen and oxygen atoms in total. The van der Waals surface area contributed by atoms with Crippen molar-refractivity contribution in [1.82, 2.24) is 5.32 Å². The summed E-state index contributed by atoms with van der Waals surface area (Å²) in [6.07, 6.45) is 0.477. The smallest absolute Gasteiger partial charge is 0.387 e. The van der Waals surface area contributed by atoms with Gasteiger partial charge in [-0.15, -0.1) is 0 Å². The molecule has 138 valence electrons. The minimum absolute atomic E-state index is 0.202. The van der Waals surface area contributed by atoms with Gasteiger partial charge in [0.25, 0.3) is 5.91 Å². The first-order valence-corrected chi connectivity index (χ1v) is 7.68. The average molecular weight is 367 g/mol. The Morgan fingerprint density at radius 3 is 2.42 bits per heavy atom. The summed E-state index contributed by atoms with van der Waals surface area (Å²) in [5, 5.41) is 2.54. The van der Waals surface area contributed by atoms with Gasteiger partial charge in [0, 0.05) is 6.54 Å². The zero-order chi connectivity index (χ0) is 18.9. The van der Waals surface area contributed by atoms with Gasteiger partial charge in [0.05, 0.1) is 0 Å². The molecule has 0 saturated carbocycles. The number of hydrogen-bond donors (Lipinski definition) is 1. The Labute approximate surface area is 147 Å². The fourth-order valence-corrected chi connectivity index (χ4v) is 2.09. The van der Waals surface area contributed by atoms with Gasteiger partial charge in [0.15, 0.2) is 6.61 Å². The molecule has 0 aliphatic carbocycles. The quantitative estimate of drug-likeness (QED) is 0.729. The zero-order valence-corrected chi connectivity index (χ0v) is 13.6. The molecule has 0 bridgehead atoms. The first kappa shape index (κ1) is 19.3. The van der Waals surface area contributed by atoms with E-state index in [9.17, 15) is 22.8 Å². The van der Waals surface area contributed by atoms with Crippen LogP contribution in [0.3, 0.4) is 0 Å². The maximum Gasteiger partial charge on any atom is 0.387 e. The van der Waals surface area contributed by atoms with Crippen molar-refractivity contribution in [3.8, 4) is 5.75 Å². The monoisotopic (exact) mass is 367 g/mol. The molecule has 8 heteroatoms. The van der Waals surface area contributed by atoms with Crippen LogP contribution in [0.4, 0.5) is 13.2 Å². The van der Waals surface area contributed by atoms with E-state index in [1.807, 2.05) is 0 Å². The van der Waals surface area contributed by atoms with Crippen molar-refractivity contribution in [2.24, 2.45) is 0 Å². The third-order valence-electron chi connectivity index (χ3n) is 3.31. The fraction of sp³-hybridized carbons (Fsp3) is 0.222. The molecule has 0 atom stereocenters. The van der Waals surface area contributed by atoms with Crippen molar-refractivity contribution < 1.29 is 32.2 Å². The summed E-state index contributed by atoms with van der Waals surface area (Å²) in [6.45, 7) is -3.38. The number of alkyl halides is 2. The van der Waals surface area contributed by atoms with Crippen molar-refractivity contribution in [3.63, 3.8) is 0 Å². The number of carbonyl (C=O) groups excluding carboxylic acids is 2. The van der Waals surface area contributed by atoms with Crippen LogP contribution in [-0.4, -0.2) is 31.6 Å². The van der Waals surface area contributed by atoms with Crippen molar-refractivity contribution in [2.75, 3.05) is 13.2 Å². The van der Waals surface area contributed by atoms with Crippen LogP contribution in [0, 0.1) is 5.82 Å². The van der Waals surface area contributed by atoms with E-state index in [0.29, 0.717) is 6.42 Å². The van der Waals surface area contributed by atoms with Gasteiger partial charge in [-0.05, 0) is 36.2 Å². The lowest BCUT2D eigenvalue weighted by molar-refractivity contribution is -0.124. The normalized spacial score (nSPS) is 10.5. The summed E-state index contributed by atoms with van der Waals surface area (Å²) < 4.78 is 46.5. The Balaban J connectivity index is 1.78. The summed E-state index contributed by atoms with van der Waals surface area (Å²) in [5.74, 6) is -2.17. The number of carbonyl (C=O) groups is 2. The van der Waals surface area contributed by atoms with Crippen LogP contribution in [0.1, 0.15) is 15.9 Å². The van der Waals surface area contributed by atoms with Gasteiger partial charge in [-0.2, -0.15) is 8.78 Å². The lowest BCUT2D eigenvalue weighted by atomic mass is 10.1. The second kappa shape index (κ2) is 9.45. The van der Waals surface area contributed by atoms with Crippen molar-refractivity contribution in [3.05, 3.63) is 65.5 Å². The summed E-state index contributed by atoms with van der Waals surface area (Å²) in [5.41, 5.74) is 0.633. The Kier molecular flexibility index (Phi) is 7.02. The number of halogens is 3. The minimum Gasteiger partial charge on any atom is -0.452 e. The summed E-state index contributed by atoms with van der Waals surface area (Å²) >= 11 is 0. The second-order valence-corrected chi connectivity index (χ2v) is 5.18. The molecule has 26 heavy (non-hydrogen) atoms. The molecule has 1 amide bonds. The summed E-state index contributed by atoms with van der Waals surface area (Å²) in [7, 11) is 0. The van der Waals surface area contributed by atoms with Crippen LogP contribution in [0.5, 0.6) is 5.75 Å². The minimum atomic E-state index is -3.08. The molecule has 0 spiro atoms. The van der Waals surface area contributed by atoms with E-state index in [4.69, 9.17) is 4.74 Å². The highest BCUT2D eigenvalue weighted by Crippen LogP contribution is 2.21. The van der Waals surface area contributed by atoms with Gasteiger partial charge in [-0.1, -0.05) is 24.3 Å². The standard InChI is InChI=1S/C18H16F3NO4/c19-13-7-5-12(6-8-13)9-10-22-16(23)11-25-17(24)14-3-1-2-4-15(14)26-18(20)21/h1-8,18H,9-11H2,(H,22,23). The van der Waals surface area contributed by atoms with E-state index in [2.05, 4.69) is 10.1 Å². The predicted molar refractivity (Wildman–Crippen MR) is 86.5 cm³/mol. The van der Waals surface area contributed by atoms with Crippen LogP contribution in [0.2, 0.25) is 0 Å². The number of esters is 1. The van der Waals surface area contributed by atoms with E-state index < -0.39 is 25.1 Å². The molecule has 1 N–H and O–H groups in total. The molecule has 0 unspecified atom stereocenters. The second-order valence-electron chi connectivity index (χ2n) is 5.18. The molecular formula is C18H16F3NO4. The maximum absolute atomic E-state index is 12.8. The van der Waals surface area contributed by atoms with Crippen molar-refractivity contribution >= 4 is 11.9 Å². The highest BCUT2D eigenvalue weighted by Gasteiger charge is 2.17. The first-order valence-electron chi connectivity index (χ1n) is 7.68. The van der Waals surface area contributed by atoms with Gasteiger partial charge in [0.2, 0.25) is 0 Å². The highest BCUT2D eigenvalue weighted by molar-refractivity contribution is 5.93. The van der Waals surface area contributed by atoms with Gasteiger partial charge in [-0.25, -0.2) is 9.18 Å². The molecule has 0 radical (unpaired) electrons. The molecule has 0 heterocycles. The third-order valence-corrected chi connectivity index (χ3v) is 3.31. The number of rotatable bonds is 8. The molecule has 2 aromatic carbocycles. The molecule has 0 aliphatic rings. The van der Waals surface area contributed by atoms with Gasteiger partial charge >= 0.3 is 12.6 Å². The van der Waals surface area contributed by atoms with E-state index in [1.54, 1.807) is 12.1 Å². The van der Waals surface area contributed by atoms with Crippen LogP contribution in [0.15, 0.2) is 48.5 Å². The number of amides is 1. The Morgan fingerprint density at radius 2 is 1.73 bits per heavy atom. The van der Waals surface area contributed by atoms with E-state index in [0.717, 1.165) is 5.56 Å². The lowest BCUT2D eigenvalue weighted by Gasteiger charge is -2.10. The van der Waals surface area contributed by atoms with Crippen LogP contribution in [-0.2, 0) is 16.0 Å². The molecule has 2 rings (SSSR count). The molecule has 0 aliphatic heterocycles. The largest absolute Gasteiger partial charge is 0.452 e. The van der Waals surface area contributed by atoms with E-state index >= 15 is 0 Å². The van der Waals surface area contributed by atoms with Gasteiger partial charge in [0.1, 0.15) is 17.1 Å². The SMILES string of the molecule is O=C(COC(=O)c1ccccc1OC(F)F)NCCc1ccc(F)cc1. The Morgan fingerprint density at radius 1 is 1.04 bits per heavy atom. The van der Waals surface area contributed by atoms with Crippen LogP contribution < -0.4 is 10.1 Å². The third kappa shape index (κ3) is 6.12. The average Bonchev–Trinajstić information content (AvgIpc) is 2.61. The molecular weight excluding hydrogens is 351 g/mol. The first-order chi connectivity index (χ1) is 12.5. The Hall–Kier alpha value is -3.03. The van der Waals surface area contributed by atoms with Crippen molar-refractivity contribution in [1.29, 1.82) is 0 Å². The van der Waals surface area contributed by atoms with Gasteiger partial charge in [-0.3, -0.25) is 4.79 Å². The van der Waals surface area contributed by atoms with Crippen LogP contribution >= 0.6 is 0 Å². The molecule has 0 fully saturated rings. The number of nitrogens with one attached hydrogen (secondary N) is 1. The zero-order valence-electron chi connectivity index (χ0n) is 13.6. The summed E-state index contributed by atoms with van der Waals surface area (Å²) in [6, 6.07) is 11.2. The van der Waals surface area contributed by atoms with E-state index in [-0.39, 0.29) is 23.7 Å². The fourth-order valence-electron chi connectivity index (χ4n) is 2.09. The number of hydrogen-bond acceptors (Lipinski definition) is 4. The Bertz CT molecular complexity index is 750. The summed E-state index contributed by atoms with van der Waals surface area (Å²) in [4.78, 5) is 23.6. The predicted octanol–water partition coefficient (Wildman–Crippen LogP) is 2.94. The maximum atomic E-state index is 12.8.